The van der Waals surface area contributed by atoms with Crippen LogP contribution in [0.4, 0.5) is 24.8 Å². The number of nitrogens with zero attached hydrogens (tertiary/aromatic N) is 6. The highest BCUT2D eigenvalue weighted by Crippen LogP contribution is 2.44. The van der Waals surface area contributed by atoms with E-state index < -0.39 is 23.1 Å². The van der Waals surface area contributed by atoms with Crippen molar-refractivity contribution in [1.82, 2.24) is 29.3 Å². The number of aryl methyl sites for hydroxylation is 1. The minimum atomic E-state index is -4.54. The lowest BCUT2D eigenvalue weighted by molar-refractivity contribution is -0.137. The van der Waals surface area contributed by atoms with Gasteiger partial charge in [0.25, 0.3) is 0 Å². The van der Waals surface area contributed by atoms with E-state index in [2.05, 4.69) is 30.2 Å². The third-order valence-corrected chi connectivity index (χ3v) is 5.89. The van der Waals surface area contributed by atoms with E-state index in [1.165, 1.54) is 6.92 Å². The number of rotatable bonds is 4. The van der Waals surface area contributed by atoms with Crippen molar-refractivity contribution in [2.24, 2.45) is 0 Å². The number of aromatic nitrogens is 6. The summed E-state index contributed by atoms with van der Waals surface area (Å²) in [5.74, 6) is -0.139. The fourth-order valence-corrected chi connectivity index (χ4v) is 4.13. The number of imidazole rings is 1. The predicted octanol–water partition coefficient (Wildman–Crippen LogP) is 3.39. The SMILES string of the molecule is CCCc1nc(-c2nc(N)c3c(n2)NC(=O)C3(C)c2ccc(C(F)(F)F)cn2)cn2ccnc12. The van der Waals surface area contributed by atoms with Gasteiger partial charge in [-0.2, -0.15) is 13.2 Å². The minimum absolute atomic E-state index is 0.00659. The number of amides is 1. The van der Waals surface area contributed by atoms with E-state index in [0.29, 0.717) is 18.3 Å². The van der Waals surface area contributed by atoms with Gasteiger partial charge in [-0.15, -0.1) is 0 Å². The molecule has 3 N–H and O–H groups in total. The molecule has 5 heterocycles. The molecule has 1 unspecified atom stereocenters. The highest BCUT2D eigenvalue weighted by atomic mass is 19.4. The van der Waals surface area contributed by atoms with Crippen molar-refractivity contribution in [2.45, 2.75) is 38.3 Å². The van der Waals surface area contributed by atoms with Crippen LogP contribution >= 0.6 is 0 Å². The van der Waals surface area contributed by atoms with Crippen LogP contribution in [0, 0.1) is 0 Å². The van der Waals surface area contributed by atoms with Gasteiger partial charge in [0.2, 0.25) is 5.91 Å². The molecule has 174 valence electrons. The van der Waals surface area contributed by atoms with Crippen LogP contribution in [0.3, 0.4) is 0 Å². The molecular formula is C22H19F3N8O. The largest absolute Gasteiger partial charge is 0.417 e. The number of fused-ring (bicyclic) bond motifs is 2. The lowest BCUT2D eigenvalue weighted by atomic mass is 9.80. The molecule has 4 aromatic rings. The smallest absolute Gasteiger partial charge is 0.383 e. The lowest BCUT2D eigenvalue weighted by Crippen LogP contribution is -2.34. The van der Waals surface area contributed by atoms with Crippen LogP contribution in [-0.2, 0) is 22.8 Å². The molecule has 5 rings (SSSR count). The van der Waals surface area contributed by atoms with Gasteiger partial charge in [-0.25, -0.2) is 19.9 Å². The number of anilines is 2. The molecule has 0 bridgehead atoms. The first kappa shape index (κ1) is 21.7. The molecule has 0 fully saturated rings. The third-order valence-electron chi connectivity index (χ3n) is 5.89. The Kier molecular flexibility index (Phi) is 4.78. The molecule has 34 heavy (non-hydrogen) atoms. The van der Waals surface area contributed by atoms with Crippen LogP contribution in [0.1, 0.15) is 42.8 Å². The van der Waals surface area contributed by atoms with Gasteiger partial charge in [0.05, 0.1) is 22.5 Å². The molecule has 0 saturated carbocycles. The van der Waals surface area contributed by atoms with Gasteiger partial charge in [0, 0.05) is 24.8 Å². The second kappa shape index (κ2) is 7.47. The number of carbonyl (C=O) groups excluding carboxylic acids is 1. The molecule has 0 radical (unpaired) electrons. The number of nitrogens with two attached hydrogens (primary N) is 1. The van der Waals surface area contributed by atoms with Crippen LogP contribution in [-0.4, -0.2) is 35.2 Å². The third kappa shape index (κ3) is 3.25. The molecule has 0 saturated heterocycles. The second-order valence-electron chi connectivity index (χ2n) is 8.15. The summed E-state index contributed by atoms with van der Waals surface area (Å²) in [4.78, 5) is 34.8. The summed E-state index contributed by atoms with van der Waals surface area (Å²) in [6, 6.07) is 2.04. The highest BCUT2D eigenvalue weighted by molar-refractivity contribution is 6.08. The molecule has 0 aromatic carbocycles. The average molecular weight is 468 g/mol. The number of alkyl halides is 3. The summed E-state index contributed by atoms with van der Waals surface area (Å²) in [6.07, 6.45) is 2.88. The maximum Gasteiger partial charge on any atom is 0.417 e. The Hall–Kier alpha value is -4.09. The van der Waals surface area contributed by atoms with Gasteiger partial charge in [-0.3, -0.25) is 9.78 Å². The lowest BCUT2D eigenvalue weighted by Gasteiger charge is -2.22. The molecular weight excluding hydrogens is 449 g/mol. The standard InChI is InChI=1S/C22H19F3N8O/c1-3-4-12-19-27-7-8-33(19)10-13(29-12)17-30-16(26)15-18(31-17)32-20(34)21(15,2)14-6-5-11(9-28-14)22(23,24)25/h5-10H,3-4H2,1-2H3,(H3,26,30,31,32,34). The zero-order valence-electron chi connectivity index (χ0n) is 18.2. The number of carbonyl (C=O) groups is 1. The maximum atomic E-state index is 13.0. The molecule has 1 amide bonds. The molecule has 1 aliphatic rings. The van der Waals surface area contributed by atoms with Gasteiger partial charge < -0.3 is 15.5 Å². The molecule has 4 aromatic heterocycles. The maximum absolute atomic E-state index is 13.0. The topological polar surface area (TPSA) is 124 Å². The van der Waals surface area contributed by atoms with Crippen LogP contribution in [0.15, 0.2) is 36.9 Å². The van der Waals surface area contributed by atoms with E-state index >= 15 is 0 Å². The number of hydrogen-bond donors (Lipinski definition) is 2. The zero-order chi connectivity index (χ0) is 24.3. The summed E-state index contributed by atoms with van der Waals surface area (Å²) in [5.41, 5.74) is 6.20. The Morgan fingerprint density at radius 3 is 2.65 bits per heavy atom. The minimum Gasteiger partial charge on any atom is -0.383 e. The Morgan fingerprint density at radius 1 is 1.18 bits per heavy atom. The fraction of sp³-hybridized carbons (Fsp3) is 0.273. The first-order valence-corrected chi connectivity index (χ1v) is 10.5. The number of pyridine rings is 1. The molecule has 1 atom stereocenters. The zero-order valence-corrected chi connectivity index (χ0v) is 18.2. The van der Waals surface area contributed by atoms with Crippen molar-refractivity contribution in [2.75, 3.05) is 11.1 Å². The molecule has 0 spiro atoms. The van der Waals surface area contributed by atoms with Crippen LogP contribution in [0.2, 0.25) is 0 Å². The Labute approximate surface area is 191 Å². The van der Waals surface area contributed by atoms with Crippen molar-refractivity contribution in [3.8, 4) is 11.5 Å². The van der Waals surface area contributed by atoms with E-state index in [-0.39, 0.29) is 28.7 Å². The molecule has 9 nitrogen and oxygen atoms in total. The monoisotopic (exact) mass is 468 g/mol. The van der Waals surface area contributed by atoms with Crippen LogP contribution in [0.25, 0.3) is 17.2 Å². The summed E-state index contributed by atoms with van der Waals surface area (Å²) in [7, 11) is 0. The van der Waals surface area contributed by atoms with Crippen molar-refractivity contribution in [3.63, 3.8) is 0 Å². The number of nitrogen functional groups attached to an aromatic ring is 1. The summed E-state index contributed by atoms with van der Waals surface area (Å²) >= 11 is 0. The number of hydrogen-bond acceptors (Lipinski definition) is 7. The average Bonchev–Trinajstić information content (AvgIpc) is 3.36. The summed E-state index contributed by atoms with van der Waals surface area (Å²) in [6.45, 7) is 3.56. The van der Waals surface area contributed by atoms with Crippen LogP contribution < -0.4 is 11.1 Å². The van der Waals surface area contributed by atoms with Crippen molar-refractivity contribution in [3.05, 3.63) is 59.4 Å². The van der Waals surface area contributed by atoms with Gasteiger partial charge in [-0.1, -0.05) is 13.3 Å². The van der Waals surface area contributed by atoms with Crippen LogP contribution in [0.5, 0.6) is 0 Å². The fourth-order valence-electron chi connectivity index (χ4n) is 4.13. The number of halogens is 3. The van der Waals surface area contributed by atoms with Gasteiger partial charge in [0.15, 0.2) is 11.5 Å². The first-order valence-electron chi connectivity index (χ1n) is 10.5. The molecule has 12 heteroatoms. The van der Waals surface area contributed by atoms with Crippen molar-refractivity contribution < 1.29 is 18.0 Å². The number of nitrogens with one attached hydrogen (secondary N) is 1. The summed E-state index contributed by atoms with van der Waals surface area (Å²) in [5, 5.41) is 2.68. The van der Waals surface area contributed by atoms with Gasteiger partial charge in [0.1, 0.15) is 22.7 Å². The van der Waals surface area contributed by atoms with Crippen molar-refractivity contribution >= 4 is 23.2 Å². The Bertz CT molecular complexity index is 1430. The van der Waals surface area contributed by atoms with E-state index in [0.717, 1.165) is 29.9 Å². The van der Waals surface area contributed by atoms with E-state index in [1.54, 1.807) is 18.6 Å². The first-order chi connectivity index (χ1) is 16.1. The second-order valence-corrected chi connectivity index (χ2v) is 8.15. The quantitative estimate of drug-likeness (QED) is 0.470. The van der Waals surface area contributed by atoms with Crippen molar-refractivity contribution in [1.29, 1.82) is 0 Å². The summed E-state index contributed by atoms with van der Waals surface area (Å²) < 4.78 is 40.7. The van der Waals surface area contributed by atoms with E-state index in [4.69, 9.17) is 5.73 Å². The molecule has 0 aliphatic carbocycles. The predicted molar refractivity (Wildman–Crippen MR) is 117 cm³/mol. The van der Waals surface area contributed by atoms with Gasteiger partial charge >= 0.3 is 6.18 Å². The van der Waals surface area contributed by atoms with E-state index in [9.17, 15) is 18.0 Å². The molecule has 1 aliphatic heterocycles. The normalized spacial score (nSPS) is 17.7. The highest BCUT2D eigenvalue weighted by Gasteiger charge is 2.49. The van der Waals surface area contributed by atoms with E-state index in [1.807, 2.05) is 11.3 Å². The Morgan fingerprint density at radius 2 is 1.97 bits per heavy atom. The Balaban J connectivity index is 1.61. The van der Waals surface area contributed by atoms with Gasteiger partial charge in [-0.05, 0) is 25.5 Å².